The van der Waals surface area contributed by atoms with Crippen molar-refractivity contribution in [2.24, 2.45) is 0 Å². The Morgan fingerprint density at radius 3 is 2.58 bits per heavy atom. The number of likely N-dealkylation sites (N-methyl/N-ethyl adjacent to an activating group) is 1. The molecule has 0 saturated carbocycles. The minimum absolute atomic E-state index is 0.283. The Bertz CT molecular complexity index is 1360. The fourth-order valence-corrected chi connectivity index (χ4v) is 4.89. The van der Waals surface area contributed by atoms with Gasteiger partial charge in [-0.25, -0.2) is 9.97 Å². The van der Waals surface area contributed by atoms with Crippen molar-refractivity contribution in [3.63, 3.8) is 0 Å². The van der Waals surface area contributed by atoms with E-state index in [0.717, 1.165) is 5.56 Å². The zero-order valence-corrected chi connectivity index (χ0v) is 23.9. The van der Waals surface area contributed by atoms with E-state index in [0.29, 0.717) is 58.0 Å². The van der Waals surface area contributed by atoms with Gasteiger partial charge in [0, 0.05) is 29.9 Å². The number of aromatic nitrogens is 2. The molecule has 0 unspecified atom stereocenters. The van der Waals surface area contributed by atoms with E-state index in [1.54, 1.807) is 32.6 Å². The van der Waals surface area contributed by atoms with E-state index in [-0.39, 0.29) is 12.3 Å². The van der Waals surface area contributed by atoms with Crippen LogP contribution in [0.15, 0.2) is 55.3 Å². The van der Waals surface area contributed by atoms with Crippen LogP contribution < -0.4 is 25.4 Å². The predicted octanol–water partition coefficient (Wildman–Crippen LogP) is 4.79. The molecule has 2 aromatic carbocycles. The first-order valence-electron chi connectivity index (χ1n) is 11.9. The first kappa shape index (κ1) is 29.2. The first-order valence-corrected chi connectivity index (χ1v) is 14.8. The molecule has 9 nitrogen and oxygen atoms in total. The second-order valence-corrected chi connectivity index (χ2v) is 12.7. The summed E-state index contributed by atoms with van der Waals surface area (Å²) in [5.41, 5.74) is 1.87. The van der Waals surface area contributed by atoms with E-state index >= 15 is 0 Å². The van der Waals surface area contributed by atoms with E-state index in [1.807, 2.05) is 43.3 Å². The van der Waals surface area contributed by atoms with Crippen LogP contribution in [0, 0.1) is 0 Å². The average molecular weight is 558 g/mol. The molecule has 1 amide bonds. The Hall–Kier alpha value is -3.39. The number of carbonyl (C=O) groups excluding carboxylic acids is 1. The molecule has 0 aliphatic heterocycles. The third-order valence-corrected chi connectivity index (χ3v) is 7.33. The van der Waals surface area contributed by atoms with Gasteiger partial charge in [0.15, 0.2) is 5.82 Å². The van der Waals surface area contributed by atoms with Gasteiger partial charge in [0.05, 0.1) is 24.7 Å². The molecule has 0 atom stereocenters. The Kier molecular flexibility index (Phi) is 9.91. The molecule has 0 bridgehead atoms. The molecule has 1 heterocycles. The smallest absolute Gasteiger partial charge is 0.247 e. The lowest BCUT2D eigenvalue weighted by molar-refractivity contribution is -0.111. The summed E-state index contributed by atoms with van der Waals surface area (Å²) in [6.07, 6.45) is 2.99. The zero-order valence-electron chi connectivity index (χ0n) is 22.2. The number of nitrogens with one attached hydrogen (secondary N) is 2. The Morgan fingerprint density at radius 2 is 1.92 bits per heavy atom. The highest BCUT2D eigenvalue weighted by Crippen LogP contribution is 2.39. The molecular weight excluding hydrogens is 525 g/mol. The number of nitrogens with zero attached hydrogens (tertiary/aromatic N) is 3. The van der Waals surface area contributed by atoms with Crippen molar-refractivity contribution in [2.75, 3.05) is 58.3 Å². The molecule has 0 aliphatic carbocycles. The highest BCUT2D eigenvalue weighted by molar-refractivity contribution is 7.70. The number of methoxy groups -OCH3 is 1. The molecule has 2 N–H and O–H groups in total. The van der Waals surface area contributed by atoms with Gasteiger partial charge in [-0.3, -0.25) is 4.79 Å². The van der Waals surface area contributed by atoms with E-state index in [2.05, 4.69) is 27.2 Å². The van der Waals surface area contributed by atoms with Gasteiger partial charge in [0.2, 0.25) is 5.91 Å². The van der Waals surface area contributed by atoms with Crippen LogP contribution in [0.25, 0.3) is 0 Å². The summed E-state index contributed by atoms with van der Waals surface area (Å²) < 4.78 is 24.3. The zero-order chi connectivity index (χ0) is 27.9. The summed E-state index contributed by atoms with van der Waals surface area (Å²) in [5.74, 6) is 1.52. The van der Waals surface area contributed by atoms with Gasteiger partial charge in [-0.15, -0.1) is 0 Å². The molecule has 38 heavy (non-hydrogen) atoms. The van der Waals surface area contributed by atoms with Gasteiger partial charge in [-0.1, -0.05) is 30.3 Å². The van der Waals surface area contributed by atoms with Crippen LogP contribution in [-0.2, 0) is 15.8 Å². The van der Waals surface area contributed by atoms with E-state index in [4.69, 9.17) is 21.1 Å². The fraction of sp³-hybridized carbons (Fsp3) is 0.296. The number of carbonyl (C=O) groups is 1. The van der Waals surface area contributed by atoms with Gasteiger partial charge >= 0.3 is 0 Å². The minimum Gasteiger partial charge on any atom is -0.496 e. The third-order valence-electron chi connectivity index (χ3n) is 5.50. The SMILES string of the molecule is C=CC(=O)Nc1cc(Cc2ncc(Cl)c(Nc3ccccc3P(C)(C)=O)n2)c(OC)cc1OCCN(C)C. The Labute approximate surface area is 228 Å². The number of rotatable bonds is 12. The first-order chi connectivity index (χ1) is 18.0. The summed E-state index contributed by atoms with van der Waals surface area (Å²) in [6, 6.07) is 10.9. The van der Waals surface area contributed by atoms with Crippen molar-refractivity contribution >= 4 is 47.1 Å². The summed E-state index contributed by atoms with van der Waals surface area (Å²) in [4.78, 5) is 23.1. The topological polar surface area (TPSA) is 106 Å². The number of hydrogen-bond donors (Lipinski definition) is 2. The number of anilines is 3. The van der Waals surface area contributed by atoms with Crippen LogP contribution in [-0.4, -0.2) is 68.5 Å². The van der Waals surface area contributed by atoms with Crippen LogP contribution in [0.3, 0.4) is 0 Å². The molecule has 1 aromatic heterocycles. The van der Waals surface area contributed by atoms with Gasteiger partial charge in [0.25, 0.3) is 0 Å². The van der Waals surface area contributed by atoms with Crippen molar-refractivity contribution in [3.8, 4) is 11.5 Å². The van der Waals surface area contributed by atoms with Crippen LogP contribution >= 0.6 is 18.7 Å². The monoisotopic (exact) mass is 557 g/mol. The van der Waals surface area contributed by atoms with Gasteiger partial charge in [-0.05, 0) is 51.7 Å². The highest BCUT2D eigenvalue weighted by atomic mass is 35.5. The molecule has 202 valence electrons. The quantitative estimate of drug-likeness (QED) is 0.242. The van der Waals surface area contributed by atoms with Crippen molar-refractivity contribution in [3.05, 3.63) is 71.7 Å². The van der Waals surface area contributed by atoms with Crippen molar-refractivity contribution in [1.29, 1.82) is 0 Å². The van der Waals surface area contributed by atoms with Gasteiger partial charge < -0.3 is 29.6 Å². The van der Waals surface area contributed by atoms with E-state index in [9.17, 15) is 9.36 Å². The minimum atomic E-state index is -2.55. The van der Waals surface area contributed by atoms with Crippen LogP contribution in [0.2, 0.25) is 5.02 Å². The summed E-state index contributed by atoms with van der Waals surface area (Å²) in [6.45, 7) is 8.07. The van der Waals surface area contributed by atoms with Crippen LogP contribution in [0.4, 0.5) is 17.2 Å². The third kappa shape index (κ3) is 7.81. The van der Waals surface area contributed by atoms with E-state index < -0.39 is 7.14 Å². The van der Waals surface area contributed by atoms with E-state index in [1.165, 1.54) is 12.3 Å². The number of amides is 1. The van der Waals surface area contributed by atoms with Crippen molar-refractivity contribution in [2.45, 2.75) is 6.42 Å². The Balaban J connectivity index is 1.95. The molecule has 0 spiro atoms. The van der Waals surface area contributed by atoms with Crippen LogP contribution in [0.1, 0.15) is 11.4 Å². The molecule has 3 rings (SSSR count). The molecule has 3 aromatic rings. The fourth-order valence-electron chi connectivity index (χ4n) is 3.60. The largest absolute Gasteiger partial charge is 0.496 e. The molecule has 0 saturated heterocycles. The lowest BCUT2D eigenvalue weighted by Crippen LogP contribution is -2.20. The predicted molar refractivity (Wildman–Crippen MR) is 155 cm³/mol. The highest BCUT2D eigenvalue weighted by Gasteiger charge is 2.19. The molecule has 0 radical (unpaired) electrons. The molecule has 0 fully saturated rings. The maximum absolute atomic E-state index is 12.8. The summed E-state index contributed by atoms with van der Waals surface area (Å²) in [5, 5.41) is 7.03. The standard InChI is InChI=1S/C27H33ClN5O4P/c1-7-26(34)30-21-14-18(22(36-4)16-23(21)37-13-12-33(2)3)15-25-29-17-19(28)27(32-25)31-20-10-8-9-11-24(20)38(5,6)35/h7-11,14,16-17H,1,12-13,15H2,2-6H3,(H,30,34)(H,29,31,32). The van der Waals surface area contributed by atoms with Crippen molar-refractivity contribution < 1.29 is 18.8 Å². The second kappa shape index (κ2) is 12.9. The molecule has 0 aliphatic rings. The summed E-state index contributed by atoms with van der Waals surface area (Å²) in [7, 11) is 2.91. The Morgan fingerprint density at radius 1 is 1.18 bits per heavy atom. The molecular formula is C27H33ClN5O4P. The van der Waals surface area contributed by atoms with Crippen molar-refractivity contribution in [1.82, 2.24) is 14.9 Å². The average Bonchev–Trinajstić information content (AvgIpc) is 2.86. The lowest BCUT2D eigenvalue weighted by Gasteiger charge is -2.18. The maximum atomic E-state index is 12.8. The van der Waals surface area contributed by atoms with Gasteiger partial charge in [-0.2, -0.15) is 0 Å². The maximum Gasteiger partial charge on any atom is 0.247 e. The van der Waals surface area contributed by atoms with Crippen LogP contribution in [0.5, 0.6) is 11.5 Å². The normalized spacial score (nSPS) is 11.2. The summed E-state index contributed by atoms with van der Waals surface area (Å²) >= 11 is 6.41. The second-order valence-electron chi connectivity index (χ2n) is 9.16. The lowest BCUT2D eigenvalue weighted by atomic mass is 10.1. The molecule has 11 heteroatoms. The number of para-hydroxylation sites is 1. The van der Waals surface area contributed by atoms with Gasteiger partial charge in [0.1, 0.15) is 36.1 Å². The number of ether oxygens (including phenoxy) is 2. The number of hydrogen-bond acceptors (Lipinski definition) is 8. The number of benzene rings is 2. The number of halogens is 1.